The summed E-state index contributed by atoms with van der Waals surface area (Å²) < 4.78 is 0. The van der Waals surface area contributed by atoms with E-state index in [9.17, 15) is 9.59 Å². The summed E-state index contributed by atoms with van der Waals surface area (Å²) in [6.45, 7) is 3.97. The number of benzene rings is 1. The lowest BCUT2D eigenvalue weighted by Crippen LogP contribution is -2.35. The van der Waals surface area contributed by atoms with Crippen LogP contribution in [0.3, 0.4) is 0 Å². The molecular weight excluding hydrogens is 274 g/mol. The van der Waals surface area contributed by atoms with Gasteiger partial charge in [0.25, 0.3) is 0 Å². The Morgan fingerprint density at radius 3 is 2.14 bits per heavy atom. The van der Waals surface area contributed by atoms with Gasteiger partial charge in [0.2, 0.25) is 11.8 Å². The van der Waals surface area contributed by atoms with Gasteiger partial charge in [-0.15, -0.1) is 0 Å². The molecule has 4 atom stereocenters. The molecule has 1 spiro atoms. The molecule has 1 saturated heterocycles. The highest BCUT2D eigenvalue weighted by molar-refractivity contribution is 6.23. The molecule has 3 heteroatoms. The van der Waals surface area contributed by atoms with Crippen LogP contribution in [0, 0.1) is 42.9 Å². The maximum absolute atomic E-state index is 13.0. The van der Waals surface area contributed by atoms with Gasteiger partial charge in [-0.1, -0.05) is 24.3 Å². The van der Waals surface area contributed by atoms with Crippen molar-refractivity contribution in [3.63, 3.8) is 0 Å². The third kappa shape index (κ3) is 1.25. The van der Waals surface area contributed by atoms with E-state index in [-0.39, 0.29) is 29.1 Å². The monoisotopic (exact) mass is 293 g/mol. The Labute approximate surface area is 130 Å². The fourth-order valence-corrected chi connectivity index (χ4v) is 5.28. The molecule has 5 rings (SSSR count). The molecule has 3 aliphatic carbocycles. The minimum atomic E-state index is -0.107. The summed E-state index contributed by atoms with van der Waals surface area (Å²) in [5, 5.41) is 0. The molecule has 2 saturated carbocycles. The van der Waals surface area contributed by atoms with Crippen molar-refractivity contribution in [1.82, 2.24) is 0 Å². The van der Waals surface area contributed by atoms with Crippen molar-refractivity contribution < 1.29 is 9.59 Å². The largest absolute Gasteiger partial charge is 0.274 e. The van der Waals surface area contributed by atoms with Crippen LogP contribution < -0.4 is 4.90 Å². The van der Waals surface area contributed by atoms with E-state index in [0.29, 0.717) is 11.8 Å². The summed E-state index contributed by atoms with van der Waals surface area (Å²) in [5.41, 5.74) is 3.13. The number of anilines is 1. The van der Waals surface area contributed by atoms with Gasteiger partial charge in [-0.05, 0) is 61.1 Å². The van der Waals surface area contributed by atoms with Crippen LogP contribution in [-0.2, 0) is 9.59 Å². The number of amides is 2. The summed E-state index contributed by atoms with van der Waals surface area (Å²) in [7, 11) is 0. The van der Waals surface area contributed by atoms with E-state index in [1.165, 1.54) is 17.7 Å². The Morgan fingerprint density at radius 2 is 1.59 bits per heavy atom. The number of carbonyl (C=O) groups is 2. The summed E-state index contributed by atoms with van der Waals surface area (Å²) in [6, 6.07) is 5.98. The standard InChI is InChI=1S/C19H19NO2/c1-10-3-4-11(2)14(9-10)20-17(21)15-12-5-6-13(16(15)18(20)22)19(12)7-8-19/h3-6,9,12-13,15-16H,7-8H2,1-2H3/t12-,13-,15-,16-/m0/s1. The van der Waals surface area contributed by atoms with Crippen LogP contribution in [0.5, 0.6) is 0 Å². The first-order valence-electron chi connectivity index (χ1n) is 8.18. The van der Waals surface area contributed by atoms with Crippen LogP contribution >= 0.6 is 0 Å². The van der Waals surface area contributed by atoms with Crippen LogP contribution in [0.2, 0.25) is 0 Å². The predicted octanol–water partition coefficient (Wildman–Crippen LogP) is 3.01. The normalized spacial score (nSPS) is 36.5. The van der Waals surface area contributed by atoms with Crippen LogP contribution in [0.4, 0.5) is 5.69 Å². The Kier molecular flexibility index (Phi) is 2.13. The Hall–Kier alpha value is -1.90. The number of fused-ring (bicyclic) bond motifs is 3. The lowest BCUT2D eigenvalue weighted by atomic mass is 9.85. The molecule has 0 unspecified atom stereocenters. The maximum Gasteiger partial charge on any atom is 0.238 e. The van der Waals surface area contributed by atoms with E-state index in [2.05, 4.69) is 12.2 Å². The van der Waals surface area contributed by atoms with Crippen molar-refractivity contribution >= 4 is 17.5 Å². The van der Waals surface area contributed by atoms with Crippen molar-refractivity contribution in [1.29, 1.82) is 0 Å². The summed E-state index contributed by atoms with van der Waals surface area (Å²) in [5.74, 6) is 0.455. The van der Waals surface area contributed by atoms with Gasteiger partial charge >= 0.3 is 0 Å². The van der Waals surface area contributed by atoms with E-state index in [1.807, 2.05) is 32.0 Å². The van der Waals surface area contributed by atoms with Gasteiger partial charge in [0, 0.05) is 0 Å². The fraction of sp³-hybridized carbons (Fsp3) is 0.474. The van der Waals surface area contributed by atoms with E-state index >= 15 is 0 Å². The van der Waals surface area contributed by atoms with Crippen molar-refractivity contribution in [3.05, 3.63) is 41.5 Å². The molecule has 1 heterocycles. The molecule has 0 aromatic heterocycles. The average molecular weight is 293 g/mol. The van der Waals surface area contributed by atoms with Crippen LogP contribution in [0.1, 0.15) is 24.0 Å². The Balaban J connectivity index is 1.61. The lowest BCUT2D eigenvalue weighted by molar-refractivity contribution is -0.123. The number of allylic oxidation sites excluding steroid dienone is 2. The second kappa shape index (κ2) is 3.70. The first-order chi connectivity index (χ1) is 10.5. The minimum Gasteiger partial charge on any atom is -0.274 e. The topological polar surface area (TPSA) is 37.4 Å². The first-order valence-corrected chi connectivity index (χ1v) is 8.18. The molecule has 4 aliphatic rings. The highest BCUT2D eigenvalue weighted by Gasteiger charge is 2.73. The number of hydrogen-bond donors (Lipinski definition) is 0. The molecule has 0 N–H and O–H groups in total. The highest BCUT2D eigenvalue weighted by Crippen LogP contribution is 2.73. The van der Waals surface area contributed by atoms with Crippen LogP contribution in [0.15, 0.2) is 30.4 Å². The van der Waals surface area contributed by atoms with Gasteiger partial charge < -0.3 is 0 Å². The van der Waals surface area contributed by atoms with Crippen LogP contribution in [0.25, 0.3) is 0 Å². The minimum absolute atomic E-state index is 0.0341. The van der Waals surface area contributed by atoms with E-state index in [0.717, 1.165) is 16.8 Å². The van der Waals surface area contributed by atoms with Crippen molar-refractivity contribution in [2.75, 3.05) is 4.90 Å². The second-order valence-electron chi connectivity index (χ2n) is 7.52. The maximum atomic E-state index is 13.0. The second-order valence-corrected chi connectivity index (χ2v) is 7.52. The number of hydrogen-bond acceptors (Lipinski definition) is 2. The van der Waals surface area contributed by atoms with E-state index in [1.54, 1.807) is 0 Å². The zero-order valence-corrected chi connectivity index (χ0v) is 12.9. The van der Waals surface area contributed by atoms with Gasteiger partial charge in [0.15, 0.2) is 0 Å². The number of aryl methyl sites for hydroxylation is 2. The third-order valence-corrected chi connectivity index (χ3v) is 6.46. The van der Waals surface area contributed by atoms with Gasteiger partial charge in [-0.3, -0.25) is 9.59 Å². The lowest BCUT2D eigenvalue weighted by Gasteiger charge is -2.23. The Bertz CT molecular complexity index is 725. The van der Waals surface area contributed by atoms with E-state index < -0.39 is 0 Å². The molecule has 3 fully saturated rings. The molecule has 22 heavy (non-hydrogen) atoms. The van der Waals surface area contributed by atoms with Gasteiger partial charge in [0.05, 0.1) is 17.5 Å². The SMILES string of the molecule is Cc1ccc(C)c(N2C(=O)[C@@H]3[C@@H](C2=O)[C@@H]2C=C[C@@H]3C23CC3)c1. The molecule has 1 aromatic rings. The smallest absolute Gasteiger partial charge is 0.238 e. The molecule has 1 aliphatic heterocycles. The summed E-state index contributed by atoms with van der Waals surface area (Å²) in [6.07, 6.45) is 6.81. The number of imide groups is 1. The summed E-state index contributed by atoms with van der Waals surface area (Å²) in [4.78, 5) is 27.6. The molecular formula is C19H19NO2. The highest BCUT2D eigenvalue weighted by atomic mass is 16.2. The molecule has 2 bridgehead atoms. The molecule has 112 valence electrons. The third-order valence-electron chi connectivity index (χ3n) is 6.46. The van der Waals surface area contributed by atoms with Crippen LogP contribution in [-0.4, -0.2) is 11.8 Å². The Morgan fingerprint density at radius 1 is 1.00 bits per heavy atom. The predicted molar refractivity (Wildman–Crippen MR) is 83.2 cm³/mol. The van der Waals surface area contributed by atoms with Crippen molar-refractivity contribution in [3.8, 4) is 0 Å². The summed E-state index contributed by atoms with van der Waals surface area (Å²) >= 11 is 0. The van der Waals surface area contributed by atoms with Gasteiger partial charge in [0.1, 0.15) is 0 Å². The molecule has 3 nitrogen and oxygen atoms in total. The molecule has 2 amide bonds. The molecule has 0 radical (unpaired) electrons. The van der Waals surface area contributed by atoms with E-state index in [4.69, 9.17) is 0 Å². The van der Waals surface area contributed by atoms with Gasteiger partial charge in [-0.25, -0.2) is 4.90 Å². The first kappa shape index (κ1) is 12.6. The zero-order chi connectivity index (χ0) is 15.2. The van der Waals surface area contributed by atoms with Crippen molar-refractivity contribution in [2.45, 2.75) is 26.7 Å². The fourth-order valence-electron chi connectivity index (χ4n) is 5.28. The quantitative estimate of drug-likeness (QED) is 0.589. The average Bonchev–Trinajstić information content (AvgIpc) is 3.08. The number of nitrogens with zero attached hydrogens (tertiary/aromatic N) is 1. The number of carbonyl (C=O) groups excluding carboxylic acids is 2. The zero-order valence-electron chi connectivity index (χ0n) is 12.9. The molecule has 1 aromatic carbocycles. The number of rotatable bonds is 1. The van der Waals surface area contributed by atoms with Gasteiger partial charge in [-0.2, -0.15) is 0 Å². The van der Waals surface area contributed by atoms with Crippen molar-refractivity contribution in [2.24, 2.45) is 29.1 Å².